The standard InChI is InChI=1S/C14H21NO2S/c1-11-4-5-13(12(2)10-11)14(17)15-6-9-18-8-3-7-16/h4-5,10,16H,3,6-9H2,1-2H3,(H,15,17). The van der Waals surface area contributed by atoms with Crippen molar-refractivity contribution in [3.8, 4) is 0 Å². The average molecular weight is 267 g/mol. The van der Waals surface area contributed by atoms with Crippen LogP contribution < -0.4 is 5.32 Å². The van der Waals surface area contributed by atoms with Crippen LogP contribution in [-0.2, 0) is 0 Å². The first kappa shape index (κ1) is 15.1. The van der Waals surface area contributed by atoms with E-state index in [0.29, 0.717) is 6.54 Å². The summed E-state index contributed by atoms with van der Waals surface area (Å²) < 4.78 is 0. The summed E-state index contributed by atoms with van der Waals surface area (Å²) in [6.07, 6.45) is 0.815. The first-order chi connectivity index (χ1) is 8.65. The van der Waals surface area contributed by atoms with Crippen molar-refractivity contribution in [3.63, 3.8) is 0 Å². The van der Waals surface area contributed by atoms with Gasteiger partial charge in [0.15, 0.2) is 0 Å². The summed E-state index contributed by atoms with van der Waals surface area (Å²) >= 11 is 1.75. The van der Waals surface area contributed by atoms with Crippen LogP contribution in [0.15, 0.2) is 18.2 Å². The van der Waals surface area contributed by atoms with Crippen molar-refractivity contribution in [3.05, 3.63) is 34.9 Å². The molecule has 0 aliphatic carbocycles. The molecule has 1 aromatic rings. The molecule has 1 rings (SSSR count). The number of amides is 1. The number of aliphatic hydroxyl groups excluding tert-OH is 1. The second-order valence-electron chi connectivity index (χ2n) is 4.26. The molecule has 0 saturated carbocycles. The Morgan fingerprint density at radius 1 is 1.33 bits per heavy atom. The number of aryl methyl sites for hydroxylation is 2. The highest BCUT2D eigenvalue weighted by atomic mass is 32.2. The van der Waals surface area contributed by atoms with Gasteiger partial charge in [-0.15, -0.1) is 0 Å². The Labute approximate surface area is 113 Å². The van der Waals surface area contributed by atoms with Crippen LogP contribution in [0, 0.1) is 13.8 Å². The lowest BCUT2D eigenvalue weighted by molar-refractivity contribution is 0.0955. The van der Waals surface area contributed by atoms with E-state index in [9.17, 15) is 4.79 Å². The topological polar surface area (TPSA) is 49.3 Å². The van der Waals surface area contributed by atoms with Gasteiger partial charge >= 0.3 is 0 Å². The highest BCUT2D eigenvalue weighted by molar-refractivity contribution is 7.99. The van der Waals surface area contributed by atoms with Gasteiger partial charge in [0.1, 0.15) is 0 Å². The Hall–Kier alpha value is -1.00. The zero-order valence-electron chi connectivity index (χ0n) is 11.0. The Bertz CT molecular complexity index is 393. The van der Waals surface area contributed by atoms with E-state index in [-0.39, 0.29) is 12.5 Å². The molecule has 0 saturated heterocycles. The molecule has 1 aromatic carbocycles. The molecule has 100 valence electrons. The maximum absolute atomic E-state index is 11.9. The van der Waals surface area contributed by atoms with E-state index in [0.717, 1.165) is 29.1 Å². The van der Waals surface area contributed by atoms with Gasteiger partial charge in [-0.05, 0) is 37.7 Å². The highest BCUT2D eigenvalue weighted by Gasteiger charge is 2.07. The largest absolute Gasteiger partial charge is 0.396 e. The summed E-state index contributed by atoms with van der Waals surface area (Å²) in [6, 6.07) is 5.85. The van der Waals surface area contributed by atoms with Gasteiger partial charge in [-0.25, -0.2) is 0 Å². The van der Waals surface area contributed by atoms with Crippen LogP contribution in [0.3, 0.4) is 0 Å². The van der Waals surface area contributed by atoms with Gasteiger partial charge in [0.2, 0.25) is 0 Å². The second-order valence-corrected chi connectivity index (χ2v) is 5.49. The molecule has 0 unspecified atom stereocenters. The van der Waals surface area contributed by atoms with Crippen molar-refractivity contribution in [1.82, 2.24) is 5.32 Å². The maximum Gasteiger partial charge on any atom is 0.251 e. The first-order valence-corrected chi connectivity index (χ1v) is 7.34. The molecule has 1 amide bonds. The summed E-state index contributed by atoms with van der Waals surface area (Å²) in [7, 11) is 0. The predicted molar refractivity (Wildman–Crippen MR) is 77.3 cm³/mol. The normalized spacial score (nSPS) is 10.4. The fourth-order valence-corrected chi connectivity index (χ4v) is 2.45. The van der Waals surface area contributed by atoms with Crippen molar-refractivity contribution >= 4 is 17.7 Å². The smallest absolute Gasteiger partial charge is 0.251 e. The van der Waals surface area contributed by atoms with Gasteiger partial charge in [-0.2, -0.15) is 11.8 Å². The average Bonchev–Trinajstić information content (AvgIpc) is 2.33. The van der Waals surface area contributed by atoms with Crippen LogP contribution in [-0.4, -0.2) is 35.7 Å². The molecule has 2 N–H and O–H groups in total. The maximum atomic E-state index is 11.9. The number of thioether (sulfide) groups is 1. The number of hydrogen-bond donors (Lipinski definition) is 2. The van der Waals surface area contributed by atoms with Gasteiger partial charge in [0, 0.05) is 24.5 Å². The van der Waals surface area contributed by atoms with E-state index in [1.54, 1.807) is 11.8 Å². The van der Waals surface area contributed by atoms with Gasteiger partial charge in [0.05, 0.1) is 0 Å². The first-order valence-electron chi connectivity index (χ1n) is 6.19. The Kier molecular flexibility index (Phi) is 6.83. The third-order valence-electron chi connectivity index (χ3n) is 2.61. The Morgan fingerprint density at radius 3 is 2.78 bits per heavy atom. The van der Waals surface area contributed by atoms with Crippen LogP contribution in [0.5, 0.6) is 0 Å². The molecule has 4 heteroatoms. The van der Waals surface area contributed by atoms with Gasteiger partial charge in [-0.3, -0.25) is 4.79 Å². The molecule has 0 spiro atoms. The number of carbonyl (C=O) groups is 1. The monoisotopic (exact) mass is 267 g/mol. The molecule has 0 radical (unpaired) electrons. The molecule has 3 nitrogen and oxygen atoms in total. The number of hydrogen-bond acceptors (Lipinski definition) is 3. The quantitative estimate of drug-likeness (QED) is 0.744. The second kappa shape index (κ2) is 8.16. The van der Waals surface area contributed by atoms with Crippen molar-refractivity contribution in [2.24, 2.45) is 0 Å². The highest BCUT2D eigenvalue weighted by Crippen LogP contribution is 2.10. The van der Waals surface area contributed by atoms with Crippen molar-refractivity contribution < 1.29 is 9.90 Å². The van der Waals surface area contributed by atoms with E-state index in [1.165, 1.54) is 5.56 Å². The number of aliphatic hydroxyl groups is 1. The summed E-state index contributed by atoms with van der Waals surface area (Å²) in [4.78, 5) is 11.9. The van der Waals surface area contributed by atoms with Crippen molar-refractivity contribution in [2.45, 2.75) is 20.3 Å². The molecule has 0 aromatic heterocycles. The molecular formula is C14H21NO2S. The Balaban J connectivity index is 2.32. The molecule has 0 aliphatic rings. The van der Waals surface area contributed by atoms with E-state index in [2.05, 4.69) is 5.32 Å². The minimum absolute atomic E-state index is 0.00439. The number of rotatable bonds is 7. The van der Waals surface area contributed by atoms with Crippen LogP contribution in [0.2, 0.25) is 0 Å². The number of nitrogens with one attached hydrogen (secondary N) is 1. The summed E-state index contributed by atoms with van der Waals surface area (Å²) in [5.41, 5.74) is 2.94. The van der Waals surface area contributed by atoms with Crippen molar-refractivity contribution in [2.75, 3.05) is 24.7 Å². The van der Waals surface area contributed by atoms with E-state index >= 15 is 0 Å². The summed E-state index contributed by atoms with van der Waals surface area (Å²) in [5.74, 6) is 1.82. The Morgan fingerprint density at radius 2 is 2.11 bits per heavy atom. The third-order valence-corrected chi connectivity index (χ3v) is 3.68. The molecule has 0 fully saturated rings. The number of benzene rings is 1. The van der Waals surface area contributed by atoms with Gasteiger partial charge in [0.25, 0.3) is 5.91 Å². The van der Waals surface area contributed by atoms with Crippen LogP contribution in [0.25, 0.3) is 0 Å². The summed E-state index contributed by atoms with van der Waals surface area (Å²) in [6.45, 7) is 4.88. The van der Waals surface area contributed by atoms with E-state index in [1.807, 2.05) is 32.0 Å². The van der Waals surface area contributed by atoms with E-state index < -0.39 is 0 Å². The van der Waals surface area contributed by atoms with Gasteiger partial charge in [-0.1, -0.05) is 17.7 Å². The van der Waals surface area contributed by atoms with Crippen molar-refractivity contribution in [1.29, 1.82) is 0 Å². The van der Waals surface area contributed by atoms with Gasteiger partial charge < -0.3 is 10.4 Å². The number of carbonyl (C=O) groups excluding carboxylic acids is 1. The molecular weight excluding hydrogens is 246 g/mol. The molecule has 18 heavy (non-hydrogen) atoms. The molecule has 0 atom stereocenters. The van der Waals surface area contributed by atoms with Crippen LogP contribution in [0.4, 0.5) is 0 Å². The SMILES string of the molecule is Cc1ccc(C(=O)NCCSCCCO)c(C)c1. The minimum atomic E-state index is -0.00439. The molecule has 0 heterocycles. The van der Waals surface area contributed by atoms with Crippen LogP contribution >= 0.6 is 11.8 Å². The lowest BCUT2D eigenvalue weighted by Gasteiger charge is -2.08. The predicted octanol–water partition coefficient (Wildman–Crippen LogP) is 2.15. The molecule has 0 aliphatic heterocycles. The van der Waals surface area contributed by atoms with Crippen LogP contribution in [0.1, 0.15) is 27.9 Å². The lowest BCUT2D eigenvalue weighted by atomic mass is 10.1. The fourth-order valence-electron chi connectivity index (χ4n) is 1.67. The van der Waals surface area contributed by atoms with E-state index in [4.69, 9.17) is 5.11 Å². The molecule has 0 bridgehead atoms. The summed E-state index contributed by atoms with van der Waals surface area (Å²) in [5, 5.41) is 11.5. The third kappa shape index (κ3) is 5.10. The lowest BCUT2D eigenvalue weighted by Crippen LogP contribution is -2.26. The zero-order chi connectivity index (χ0) is 13.4. The zero-order valence-corrected chi connectivity index (χ0v) is 11.8. The minimum Gasteiger partial charge on any atom is -0.396 e. The fraction of sp³-hybridized carbons (Fsp3) is 0.500.